The van der Waals surface area contributed by atoms with Crippen molar-refractivity contribution >= 4 is 27.6 Å². The molecule has 18 heteroatoms. The zero-order valence-electron chi connectivity index (χ0n) is 23.4. The van der Waals surface area contributed by atoms with Gasteiger partial charge in [0.1, 0.15) is 6.10 Å². The number of esters is 1. The van der Waals surface area contributed by atoms with E-state index in [9.17, 15) is 44.3 Å². The second-order valence-corrected chi connectivity index (χ2v) is 12.4. The number of carbonyl (C=O) groups is 2. The molecular formula is C27H25F6N5O6S. The Balaban J connectivity index is 1.38. The first kappa shape index (κ1) is 32.2. The van der Waals surface area contributed by atoms with E-state index in [1.807, 2.05) is 0 Å². The van der Waals surface area contributed by atoms with Crippen molar-refractivity contribution in [3.05, 3.63) is 65.0 Å². The molecule has 0 radical (unpaired) electrons. The number of anilines is 1. The van der Waals surface area contributed by atoms with Gasteiger partial charge < -0.3 is 14.2 Å². The lowest BCUT2D eigenvalue weighted by molar-refractivity contribution is -0.204. The monoisotopic (exact) mass is 661 g/mol. The van der Waals surface area contributed by atoms with Crippen molar-refractivity contribution in [3.8, 4) is 11.4 Å². The van der Waals surface area contributed by atoms with Crippen molar-refractivity contribution in [1.82, 2.24) is 19.9 Å². The fourth-order valence-corrected chi connectivity index (χ4v) is 6.41. The predicted molar refractivity (Wildman–Crippen MR) is 144 cm³/mol. The first-order valence-electron chi connectivity index (χ1n) is 13.4. The smallest absolute Gasteiger partial charge is 0.454 e. The quantitative estimate of drug-likeness (QED) is 0.282. The van der Waals surface area contributed by atoms with Crippen molar-refractivity contribution < 1.29 is 53.6 Å². The molecule has 2 aliphatic rings. The summed E-state index contributed by atoms with van der Waals surface area (Å²) in [6.07, 6.45) is -11.1. The lowest BCUT2D eigenvalue weighted by atomic mass is 10.0. The normalized spacial score (nSPS) is 18.7. The number of benzene rings is 2. The van der Waals surface area contributed by atoms with E-state index in [0.717, 1.165) is 0 Å². The summed E-state index contributed by atoms with van der Waals surface area (Å²) < 4.78 is 112. The fraction of sp³-hybridized carbons (Fsp3) is 0.407. The summed E-state index contributed by atoms with van der Waals surface area (Å²) >= 11 is 0. The van der Waals surface area contributed by atoms with Crippen LogP contribution in [0.15, 0.2) is 47.0 Å². The summed E-state index contributed by atoms with van der Waals surface area (Å²) in [5.41, 5.74) is 2.02. The zero-order chi connectivity index (χ0) is 32.7. The van der Waals surface area contributed by atoms with Crippen LogP contribution >= 0.6 is 0 Å². The number of sulfonamides is 1. The minimum absolute atomic E-state index is 0.0508. The van der Waals surface area contributed by atoms with E-state index in [2.05, 4.69) is 24.1 Å². The standard InChI is InChI=1S/C27H25F6N5O6S/c1-37(22(39)10-15-5-6-18-14-45(41,42)36-20(18)9-15)21(13-38-8-7-19(12-38)43-25(40)27(31,32)33)16-3-2-4-17(11-16)23-34-24(44-35-23)26(28,29)30/h2-6,9,11,19,21,36H,7-8,10,12-14H2,1H3/t19-,21+/m0/s1. The number of likely N-dealkylation sites (N-methyl/N-ethyl adjacent to an activating group) is 1. The maximum atomic E-state index is 13.5. The number of rotatable bonds is 8. The van der Waals surface area contributed by atoms with Gasteiger partial charge in [-0.15, -0.1) is 0 Å². The summed E-state index contributed by atoms with van der Waals surface area (Å²) in [6, 6.07) is 10.0. The number of nitrogens with zero attached hydrogens (tertiary/aromatic N) is 4. The molecule has 242 valence electrons. The van der Waals surface area contributed by atoms with Gasteiger partial charge in [-0.2, -0.15) is 31.3 Å². The zero-order valence-corrected chi connectivity index (χ0v) is 24.2. The number of carbonyl (C=O) groups excluding carboxylic acids is 2. The molecular weight excluding hydrogens is 636 g/mol. The van der Waals surface area contributed by atoms with Crippen LogP contribution in [0.2, 0.25) is 0 Å². The Bertz CT molecular complexity index is 1710. The highest BCUT2D eigenvalue weighted by molar-refractivity contribution is 7.92. The highest BCUT2D eigenvalue weighted by Crippen LogP contribution is 2.32. The van der Waals surface area contributed by atoms with Crippen LogP contribution in [0.1, 0.15) is 35.0 Å². The molecule has 11 nitrogen and oxygen atoms in total. The van der Waals surface area contributed by atoms with Crippen molar-refractivity contribution in [2.45, 2.75) is 43.1 Å². The van der Waals surface area contributed by atoms with Gasteiger partial charge >= 0.3 is 24.2 Å². The van der Waals surface area contributed by atoms with Crippen LogP contribution in [0, 0.1) is 0 Å². The topological polar surface area (TPSA) is 135 Å². The molecule has 3 heterocycles. The van der Waals surface area contributed by atoms with Crippen LogP contribution in [0.5, 0.6) is 0 Å². The molecule has 0 saturated carbocycles. The Kier molecular flexibility index (Phi) is 8.56. The van der Waals surface area contributed by atoms with Gasteiger partial charge in [0, 0.05) is 32.2 Å². The maximum Gasteiger partial charge on any atom is 0.490 e. The number of nitrogens with one attached hydrogen (secondary N) is 1. The van der Waals surface area contributed by atoms with E-state index >= 15 is 0 Å². The lowest BCUT2D eigenvalue weighted by Crippen LogP contribution is -2.40. The molecule has 45 heavy (non-hydrogen) atoms. The molecule has 5 rings (SSSR count). The molecule has 1 fully saturated rings. The SMILES string of the molecule is CN(C(=O)Cc1ccc2c(c1)NS(=O)(=O)C2)[C@H](CN1CC[C@H](OC(=O)C(F)(F)F)C1)c1cccc(-c2noc(C(F)(F)F)n2)c1. The highest BCUT2D eigenvalue weighted by atomic mass is 32.2. The minimum Gasteiger partial charge on any atom is -0.454 e. The second kappa shape index (κ2) is 12.0. The molecule has 2 aliphatic heterocycles. The van der Waals surface area contributed by atoms with E-state index in [4.69, 9.17) is 0 Å². The third-order valence-electron chi connectivity index (χ3n) is 7.37. The average molecular weight is 662 g/mol. The third kappa shape index (κ3) is 7.55. The van der Waals surface area contributed by atoms with Gasteiger partial charge in [-0.1, -0.05) is 35.5 Å². The fourth-order valence-electron chi connectivity index (χ4n) is 5.15. The van der Waals surface area contributed by atoms with Gasteiger partial charge in [0.15, 0.2) is 0 Å². The van der Waals surface area contributed by atoms with Crippen molar-refractivity contribution in [2.75, 3.05) is 31.4 Å². The largest absolute Gasteiger partial charge is 0.490 e. The number of fused-ring (bicyclic) bond motifs is 1. The van der Waals surface area contributed by atoms with Crippen LogP contribution in [-0.2, 0) is 42.7 Å². The van der Waals surface area contributed by atoms with E-state index < -0.39 is 52.3 Å². The molecule has 2 atom stereocenters. The summed E-state index contributed by atoms with van der Waals surface area (Å²) in [4.78, 5) is 31.4. The lowest BCUT2D eigenvalue weighted by Gasteiger charge is -2.32. The third-order valence-corrected chi connectivity index (χ3v) is 8.59. The maximum absolute atomic E-state index is 13.5. The number of hydrogen-bond donors (Lipinski definition) is 1. The molecule has 0 bridgehead atoms. The number of ether oxygens (including phenoxy) is 1. The van der Waals surface area contributed by atoms with Crippen LogP contribution in [0.3, 0.4) is 0 Å². The molecule has 0 aliphatic carbocycles. The van der Waals surface area contributed by atoms with Gasteiger partial charge in [-0.3, -0.25) is 14.4 Å². The summed E-state index contributed by atoms with van der Waals surface area (Å²) in [6.45, 7) is 0.249. The molecule has 2 aromatic carbocycles. The van der Waals surface area contributed by atoms with E-state index in [0.29, 0.717) is 22.4 Å². The van der Waals surface area contributed by atoms with E-state index in [1.54, 1.807) is 29.2 Å². The Morgan fingerprint density at radius 3 is 2.60 bits per heavy atom. The molecule has 1 N–H and O–H groups in total. The molecule has 3 aromatic rings. The van der Waals surface area contributed by atoms with Gasteiger partial charge in [-0.05, 0) is 35.2 Å². The van der Waals surface area contributed by atoms with Crippen LogP contribution in [0.4, 0.5) is 32.0 Å². The summed E-state index contributed by atoms with van der Waals surface area (Å²) in [7, 11) is -2.02. The molecule has 1 saturated heterocycles. The molecule has 0 unspecified atom stereocenters. The van der Waals surface area contributed by atoms with Gasteiger partial charge in [-0.25, -0.2) is 13.2 Å². The van der Waals surface area contributed by atoms with E-state index in [-0.39, 0.29) is 49.6 Å². The number of aromatic nitrogens is 2. The first-order chi connectivity index (χ1) is 21.0. The van der Waals surface area contributed by atoms with E-state index in [1.165, 1.54) is 30.1 Å². The molecule has 0 spiro atoms. The van der Waals surface area contributed by atoms with Crippen molar-refractivity contribution in [3.63, 3.8) is 0 Å². The Morgan fingerprint density at radius 2 is 1.91 bits per heavy atom. The molecule has 1 aromatic heterocycles. The van der Waals surface area contributed by atoms with Gasteiger partial charge in [0.25, 0.3) is 0 Å². The van der Waals surface area contributed by atoms with Crippen molar-refractivity contribution in [1.29, 1.82) is 0 Å². The Labute approximate surface area is 252 Å². The minimum atomic E-state index is -5.15. The number of hydrogen-bond acceptors (Lipinski definition) is 9. The van der Waals surface area contributed by atoms with Crippen molar-refractivity contribution in [2.24, 2.45) is 0 Å². The summed E-state index contributed by atoms with van der Waals surface area (Å²) in [5, 5.41) is 3.40. The Hall–Kier alpha value is -4.19. The molecule has 1 amide bonds. The van der Waals surface area contributed by atoms with Gasteiger partial charge in [0.2, 0.25) is 21.8 Å². The number of alkyl halides is 6. The number of halogens is 6. The van der Waals surface area contributed by atoms with Crippen LogP contribution in [-0.4, -0.2) is 79.2 Å². The summed E-state index contributed by atoms with van der Waals surface area (Å²) in [5.74, 6) is -4.79. The number of likely N-dealkylation sites (tertiary alicyclic amines) is 1. The Morgan fingerprint density at radius 1 is 1.16 bits per heavy atom. The highest BCUT2D eigenvalue weighted by Gasteiger charge is 2.43. The predicted octanol–water partition coefficient (Wildman–Crippen LogP) is 3.93. The second-order valence-electron chi connectivity index (χ2n) is 10.7. The number of amides is 1. The average Bonchev–Trinajstić information content (AvgIpc) is 3.68. The van der Waals surface area contributed by atoms with Gasteiger partial charge in [0.05, 0.1) is 23.9 Å². The first-order valence-corrected chi connectivity index (χ1v) is 15.0. The van der Waals surface area contributed by atoms with Crippen LogP contribution in [0.25, 0.3) is 11.4 Å². The van der Waals surface area contributed by atoms with Crippen LogP contribution < -0.4 is 4.72 Å².